The Labute approximate surface area is 196 Å². The van der Waals surface area contributed by atoms with E-state index in [9.17, 15) is 0 Å². The number of guanidine groups is 1. The molecule has 2 atom stereocenters. The van der Waals surface area contributed by atoms with E-state index in [-0.39, 0.29) is 36.1 Å². The van der Waals surface area contributed by atoms with Gasteiger partial charge in [-0.15, -0.1) is 24.0 Å². The molecule has 2 N–H and O–H groups in total. The molecule has 1 aromatic carbocycles. The van der Waals surface area contributed by atoms with Gasteiger partial charge in [0.2, 0.25) is 0 Å². The molecule has 2 rings (SSSR count). The van der Waals surface area contributed by atoms with E-state index in [0.29, 0.717) is 11.6 Å². The topological polar surface area (TPSA) is 63.5 Å². The van der Waals surface area contributed by atoms with Crippen molar-refractivity contribution < 1.29 is 4.74 Å². The van der Waals surface area contributed by atoms with Gasteiger partial charge in [-0.25, -0.2) is 0 Å². The van der Waals surface area contributed by atoms with Crippen molar-refractivity contribution in [2.45, 2.75) is 46.3 Å². The van der Waals surface area contributed by atoms with Gasteiger partial charge in [0.05, 0.1) is 12.2 Å². The summed E-state index contributed by atoms with van der Waals surface area (Å²) in [5.41, 5.74) is 4.58. The number of nitrogens with zero attached hydrogens (tertiary/aromatic N) is 3. The normalized spacial score (nSPS) is 13.6. The van der Waals surface area contributed by atoms with Gasteiger partial charge < -0.3 is 15.4 Å². The highest BCUT2D eigenvalue weighted by molar-refractivity contribution is 14.0. The summed E-state index contributed by atoms with van der Waals surface area (Å²) in [7, 11) is 3.67. The lowest BCUT2D eigenvalue weighted by atomic mass is 10.1. The maximum Gasteiger partial charge on any atom is 0.191 e. The van der Waals surface area contributed by atoms with Crippen LogP contribution in [0.3, 0.4) is 0 Å². The quantitative estimate of drug-likeness (QED) is 0.304. The fourth-order valence-electron chi connectivity index (χ4n) is 3.22. The van der Waals surface area contributed by atoms with Gasteiger partial charge in [-0.2, -0.15) is 5.10 Å². The third-order valence-electron chi connectivity index (χ3n) is 4.82. The van der Waals surface area contributed by atoms with Crippen LogP contribution in [-0.2, 0) is 18.2 Å². The Morgan fingerprint density at radius 3 is 2.62 bits per heavy atom. The van der Waals surface area contributed by atoms with Gasteiger partial charge in [0, 0.05) is 37.5 Å². The maximum atomic E-state index is 6.11. The summed E-state index contributed by atoms with van der Waals surface area (Å²) in [5.74, 6) is 0.776. The molecule has 0 saturated carbocycles. The first-order valence-corrected chi connectivity index (χ1v) is 10.1. The lowest BCUT2D eigenvalue weighted by Crippen LogP contribution is -2.43. The van der Waals surface area contributed by atoms with E-state index in [2.05, 4.69) is 43.4 Å². The second-order valence-electron chi connectivity index (χ2n) is 7.02. The molecule has 2 unspecified atom stereocenters. The summed E-state index contributed by atoms with van der Waals surface area (Å²) >= 11 is 6.11. The highest BCUT2D eigenvalue weighted by Crippen LogP contribution is 2.20. The van der Waals surface area contributed by atoms with E-state index in [4.69, 9.17) is 21.3 Å². The number of ether oxygens (including phenoxy) is 1. The molecule has 0 aliphatic carbocycles. The van der Waals surface area contributed by atoms with Crippen LogP contribution < -0.4 is 10.6 Å². The zero-order valence-corrected chi connectivity index (χ0v) is 21.2. The number of aliphatic imine (C=N–C) groups is 1. The predicted octanol–water partition coefficient (Wildman–Crippen LogP) is 4.18. The molecule has 162 valence electrons. The molecule has 8 heteroatoms. The number of nitrogens with one attached hydrogen (secondary N) is 2. The molecule has 1 heterocycles. The van der Waals surface area contributed by atoms with Crippen molar-refractivity contribution in [3.63, 3.8) is 0 Å². The highest BCUT2D eigenvalue weighted by Gasteiger charge is 2.15. The SMILES string of the molecule is CCNC(=NCC(OC)c1cccc(Cl)c1)NC(C)Cc1c(C)nn(C)c1C.I. The number of aryl methyl sites for hydroxylation is 2. The fraction of sp³-hybridized carbons (Fsp3) is 0.524. The minimum absolute atomic E-state index is 0. The molecule has 6 nitrogen and oxygen atoms in total. The lowest BCUT2D eigenvalue weighted by Gasteiger charge is -2.20. The average molecular weight is 534 g/mol. The Morgan fingerprint density at radius 2 is 2.07 bits per heavy atom. The smallest absolute Gasteiger partial charge is 0.191 e. The Kier molecular flexibility index (Phi) is 11.0. The Morgan fingerprint density at radius 1 is 1.34 bits per heavy atom. The van der Waals surface area contributed by atoms with Crippen LogP contribution in [0.1, 0.15) is 42.5 Å². The predicted molar refractivity (Wildman–Crippen MR) is 132 cm³/mol. The van der Waals surface area contributed by atoms with Gasteiger partial charge in [0.15, 0.2) is 5.96 Å². The van der Waals surface area contributed by atoms with Gasteiger partial charge in [-0.3, -0.25) is 9.67 Å². The number of hydrogen-bond acceptors (Lipinski definition) is 3. The molecule has 0 radical (unpaired) electrons. The first-order chi connectivity index (χ1) is 13.3. The van der Waals surface area contributed by atoms with Crippen LogP contribution in [0.5, 0.6) is 0 Å². The maximum absolute atomic E-state index is 6.11. The molecule has 0 bridgehead atoms. The van der Waals surface area contributed by atoms with E-state index < -0.39 is 0 Å². The Balaban J connectivity index is 0.00000420. The number of halogens is 2. The number of aromatic nitrogens is 2. The molecular formula is C21H33ClIN5O. The van der Waals surface area contributed by atoms with Crippen LogP contribution in [-0.4, -0.2) is 42.0 Å². The van der Waals surface area contributed by atoms with E-state index in [1.807, 2.05) is 36.0 Å². The Hall–Kier alpha value is -1.32. The van der Waals surface area contributed by atoms with Gasteiger partial charge in [-0.05, 0) is 57.4 Å². The minimum Gasteiger partial charge on any atom is -0.375 e. The van der Waals surface area contributed by atoms with Gasteiger partial charge in [-0.1, -0.05) is 23.7 Å². The summed E-state index contributed by atoms with van der Waals surface area (Å²) in [6.45, 7) is 9.67. The van der Waals surface area contributed by atoms with Crippen molar-refractivity contribution >= 4 is 41.5 Å². The molecule has 0 amide bonds. The van der Waals surface area contributed by atoms with E-state index >= 15 is 0 Å². The second-order valence-corrected chi connectivity index (χ2v) is 7.46. The molecule has 0 saturated heterocycles. The van der Waals surface area contributed by atoms with Gasteiger partial charge in [0.25, 0.3) is 0 Å². The first kappa shape index (κ1) is 25.7. The van der Waals surface area contributed by atoms with Crippen LogP contribution in [0.25, 0.3) is 0 Å². The molecule has 1 aromatic heterocycles. The van der Waals surface area contributed by atoms with Crippen LogP contribution in [0.4, 0.5) is 0 Å². The van der Waals surface area contributed by atoms with Crippen LogP contribution in [0.2, 0.25) is 5.02 Å². The Bertz CT molecular complexity index is 808. The number of methoxy groups -OCH3 is 1. The van der Waals surface area contributed by atoms with Gasteiger partial charge in [0.1, 0.15) is 6.10 Å². The highest BCUT2D eigenvalue weighted by atomic mass is 127. The molecule has 29 heavy (non-hydrogen) atoms. The summed E-state index contributed by atoms with van der Waals surface area (Å²) in [4.78, 5) is 4.73. The summed E-state index contributed by atoms with van der Waals surface area (Å²) < 4.78 is 7.56. The number of benzene rings is 1. The van der Waals surface area contributed by atoms with Gasteiger partial charge >= 0.3 is 0 Å². The third-order valence-corrected chi connectivity index (χ3v) is 5.05. The van der Waals surface area contributed by atoms with E-state index in [0.717, 1.165) is 30.2 Å². The monoisotopic (exact) mass is 533 g/mol. The third kappa shape index (κ3) is 7.46. The zero-order chi connectivity index (χ0) is 20.7. The van der Waals surface area contributed by atoms with Crippen LogP contribution >= 0.6 is 35.6 Å². The zero-order valence-electron chi connectivity index (χ0n) is 18.1. The average Bonchev–Trinajstić information content (AvgIpc) is 2.88. The number of hydrogen-bond donors (Lipinski definition) is 2. The number of rotatable bonds is 8. The summed E-state index contributed by atoms with van der Waals surface area (Å²) in [5, 5.41) is 12.0. The van der Waals surface area contributed by atoms with E-state index in [1.165, 1.54) is 11.3 Å². The molecule has 2 aromatic rings. The summed E-state index contributed by atoms with van der Waals surface area (Å²) in [6.07, 6.45) is 0.741. The van der Waals surface area contributed by atoms with Crippen molar-refractivity contribution in [1.29, 1.82) is 0 Å². The van der Waals surface area contributed by atoms with Crippen molar-refractivity contribution in [2.24, 2.45) is 12.0 Å². The molecule has 0 fully saturated rings. The minimum atomic E-state index is -0.146. The van der Waals surface area contributed by atoms with Crippen molar-refractivity contribution in [3.05, 3.63) is 51.8 Å². The molecule has 0 aliphatic rings. The molecule has 0 aliphatic heterocycles. The van der Waals surface area contributed by atoms with Crippen LogP contribution in [0, 0.1) is 13.8 Å². The fourth-order valence-corrected chi connectivity index (χ4v) is 3.42. The lowest BCUT2D eigenvalue weighted by molar-refractivity contribution is 0.111. The first-order valence-electron chi connectivity index (χ1n) is 9.67. The van der Waals surface area contributed by atoms with Crippen molar-refractivity contribution in [1.82, 2.24) is 20.4 Å². The molecular weight excluding hydrogens is 501 g/mol. The largest absolute Gasteiger partial charge is 0.375 e. The second kappa shape index (κ2) is 12.4. The standard InChI is InChI=1S/C21H32ClN5O.HI/c1-7-23-21(24-13-20(28-6)17-9-8-10-18(22)12-17)25-14(2)11-19-15(3)26-27(5)16(19)4;/h8-10,12,14,20H,7,11,13H2,1-6H3,(H2,23,24,25);1H. The van der Waals surface area contributed by atoms with Crippen molar-refractivity contribution in [3.8, 4) is 0 Å². The van der Waals surface area contributed by atoms with Crippen LogP contribution in [0.15, 0.2) is 29.3 Å². The summed E-state index contributed by atoms with van der Waals surface area (Å²) in [6, 6.07) is 7.93. The van der Waals surface area contributed by atoms with Crippen molar-refractivity contribution in [2.75, 3.05) is 20.2 Å². The molecule has 0 spiro atoms. The van der Waals surface area contributed by atoms with E-state index in [1.54, 1.807) is 7.11 Å².